The van der Waals surface area contributed by atoms with E-state index >= 15 is 0 Å². The smallest absolute Gasteiger partial charge is 0.00550 e. The maximum atomic E-state index is 3.54. The van der Waals surface area contributed by atoms with Gasteiger partial charge in [-0.15, -0.1) is 0 Å². The van der Waals surface area contributed by atoms with E-state index in [-0.39, 0.29) is 20.4 Å². The minimum Gasteiger partial charge on any atom is -0.0882 e. The largest absolute Gasteiger partial charge is 0.0882 e. The molecule has 0 aromatic carbocycles. The Morgan fingerprint density at radius 1 is 0.909 bits per heavy atom. The fourth-order valence-electron chi connectivity index (χ4n) is 0.927. The molecule has 1 aliphatic rings. The molecule has 0 nitrogen and oxygen atoms in total. The average Bonchev–Trinajstić information content (AvgIpc) is 1.92. The maximum absolute atomic E-state index is 3.54. The van der Waals surface area contributed by atoms with E-state index in [1.165, 1.54) is 8.96 Å². The van der Waals surface area contributed by atoms with E-state index in [1.54, 1.807) is 0 Å². The summed E-state index contributed by atoms with van der Waals surface area (Å²) in [6.07, 6.45) is 9.10. The molecule has 0 aromatic heterocycles. The average molecular weight is 372 g/mol. The summed E-state index contributed by atoms with van der Waals surface area (Å²) in [7, 11) is 0. The Morgan fingerprint density at radius 2 is 1.27 bits per heavy atom. The monoisotopic (exact) mass is 370 g/mol. The summed E-state index contributed by atoms with van der Waals surface area (Å²) in [5.74, 6) is 0. The first-order valence-electron chi connectivity index (χ1n) is 3.48. The summed E-state index contributed by atoms with van der Waals surface area (Å²) < 4.78 is 2.66. The summed E-state index contributed by atoms with van der Waals surface area (Å²) in [5, 5.41) is 0. The standard InChI is InChI=1S/C8H10Br2.Pd/c9-7-5-3-1-2-4-6-8(7)10;/h1-2H,3-6H2;/b2-1-,8-7-;. The van der Waals surface area contributed by atoms with Crippen molar-refractivity contribution >= 4 is 31.9 Å². The minimum atomic E-state index is 0. The maximum Gasteiger partial charge on any atom is 0.00550 e. The van der Waals surface area contributed by atoms with Crippen LogP contribution < -0.4 is 0 Å². The Balaban J connectivity index is 0.000001000. The molecule has 0 spiro atoms. The van der Waals surface area contributed by atoms with Crippen LogP contribution in [0.4, 0.5) is 0 Å². The number of hydrogen-bond acceptors (Lipinski definition) is 0. The molecule has 1 aliphatic carbocycles. The van der Waals surface area contributed by atoms with Crippen molar-refractivity contribution in [3.05, 3.63) is 21.1 Å². The van der Waals surface area contributed by atoms with Gasteiger partial charge < -0.3 is 0 Å². The predicted molar refractivity (Wildman–Crippen MR) is 52.5 cm³/mol. The Hall–Kier alpha value is 1.10. The quantitative estimate of drug-likeness (QED) is 0.443. The van der Waals surface area contributed by atoms with Crippen molar-refractivity contribution in [1.82, 2.24) is 0 Å². The van der Waals surface area contributed by atoms with Crippen LogP contribution in [0.1, 0.15) is 25.7 Å². The normalized spacial score (nSPS) is 28.2. The Morgan fingerprint density at radius 3 is 1.64 bits per heavy atom. The topological polar surface area (TPSA) is 0 Å². The van der Waals surface area contributed by atoms with E-state index in [0.29, 0.717) is 0 Å². The zero-order valence-corrected chi connectivity index (χ0v) is 10.8. The summed E-state index contributed by atoms with van der Waals surface area (Å²) in [6, 6.07) is 0. The molecule has 3 heteroatoms. The van der Waals surface area contributed by atoms with E-state index < -0.39 is 0 Å². The molecule has 0 saturated carbocycles. The van der Waals surface area contributed by atoms with Crippen LogP contribution in [0.5, 0.6) is 0 Å². The molecule has 0 amide bonds. The van der Waals surface area contributed by atoms with Gasteiger partial charge in [0.15, 0.2) is 0 Å². The number of rotatable bonds is 0. The van der Waals surface area contributed by atoms with Crippen LogP contribution in [0.2, 0.25) is 0 Å². The zero-order chi connectivity index (χ0) is 7.40. The van der Waals surface area contributed by atoms with Crippen molar-refractivity contribution in [2.24, 2.45) is 0 Å². The molecule has 0 radical (unpaired) electrons. The summed E-state index contributed by atoms with van der Waals surface area (Å²) in [5.41, 5.74) is 0. The van der Waals surface area contributed by atoms with Crippen LogP contribution in [0.25, 0.3) is 0 Å². The number of allylic oxidation sites excluding steroid dienone is 4. The number of halogens is 2. The van der Waals surface area contributed by atoms with Gasteiger partial charge in [0.25, 0.3) is 0 Å². The number of hydrogen-bond donors (Lipinski definition) is 0. The second kappa shape index (κ2) is 6.60. The van der Waals surface area contributed by atoms with Crippen LogP contribution in [-0.2, 0) is 20.4 Å². The van der Waals surface area contributed by atoms with Gasteiger partial charge in [-0.25, -0.2) is 0 Å². The molecular weight excluding hydrogens is 362 g/mol. The van der Waals surface area contributed by atoms with Crippen LogP contribution in [0.3, 0.4) is 0 Å². The molecular formula is C8H10Br2Pd. The molecule has 0 bridgehead atoms. The molecule has 0 saturated heterocycles. The molecule has 1 rings (SSSR count). The molecule has 0 unspecified atom stereocenters. The Labute approximate surface area is 98.4 Å². The van der Waals surface area contributed by atoms with E-state index in [2.05, 4.69) is 44.0 Å². The second-order valence-electron chi connectivity index (χ2n) is 2.36. The van der Waals surface area contributed by atoms with Gasteiger partial charge in [-0.3, -0.25) is 0 Å². The first-order valence-corrected chi connectivity index (χ1v) is 5.07. The molecule has 0 fully saturated rings. The van der Waals surface area contributed by atoms with Gasteiger partial charge in [-0.1, -0.05) is 44.0 Å². The van der Waals surface area contributed by atoms with E-state index in [4.69, 9.17) is 0 Å². The fraction of sp³-hybridized carbons (Fsp3) is 0.500. The molecule has 66 valence electrons. The van der Waals surface area contributed by atoms with Crippen molar-refractivity contribution in [3.8, 4) is 0 Å². The van der Waals surface area contributed by atoms with Gasteiger partial charge in [0.1, 0.15) is 0 Å². The van der Waals surface area contributed by atoms with Crippen LogP contribution in [0, 0.1) is 0 Å². The van der Waals surface area contributed by atoms with Crippen molar-refractivity contribution < 1.29 is 20.4 Å². The molecule has 0 aliphatic heterocycles. The van der Waals surface area contributed by atoms with Crippen LogP contribution in [-0.4, -0.2) is 0 Å². The predicted octanol–water partition coefficient (Wildman–Crippen LogP) is 4.12. The third-order valence-electron chi connectivity index (χ3n) is 1.52. The van der Waals surface area contributed by atoms with Crippen molar-refractivity contribution in [2.75, 3.05) is 0 Å². The Bertz CT molecular complexity index is 155. The second-order valence-corrected chi connectivity index (χ2v) is 4.27. The first-order chi connectivity index (χ1) is 4.80. The van der Waals surface area contributed by atoms with Gasteiger partial charge in [0, 0.05) is 29.4 Å². The minimum absolute atomic E-state index is 0. The van der Waals surface area contributed by atoms with Crippen molar-refractivity contribution in [1.29, 1.82) is 0 Å². The zero-order valence-electron chi connectivity index (χ0n) is 6.06. The molecule has 0 N–H and O–H groups in total. The van der Waals surface area contributed by atoms with Crippen LogP contribution in [0.15, 0.2) is 21.1 Å². The summed E-state index contributed by atoms with van der Waals surface area (Å²) >= 11 is 7.07. The van der Waals surface area contributed by atoms with Gasteiger partial charge in [-0.2, -0.15) is 0 Å². The molecule has 0 heterocycles. The van der Waals surface area contributed by atoms with Crippen molar-refractivity contribution in [2.45, 2.75) is 25.7 Å². The first kappa shape index (κ1) is 12.1. The van der Waals surface area contributed by atoms with Gasteiger partial charge in [-0.05, 0) is 25.7 Å². The van der Waals surface area contributed by atoms with Crippen molar-refractivity contribution in [3.63, 3.8) is 0 Å². The van der Waals surface area contributed by atoms with Gasteiger partial charge in [0.2, 0.25) is 0 Å². The summed E-state index contributed by atoms with van der Waals surface area (Å²) in [4.78, 5) is 0. The molecule has 0 atom stereocenters. The molecule has 11 heavy (non-hydrogen) atoms. The van der Waals surface area contributed by atoms with E-state index in [0.717, 1.165) is 25.7 Å². The van der Waals surface area contributed by atoms with Gasteiger partial charge >= 0.3 is 0 Å². The van der Waals surface area contributed by atoms with E-state index in [1.807, 2.05) is 0 Å². The van der Waals surface area contributed by atoms with E-state index in [9.17, 15) is 0 Å². The third kappa shape index (κ3) is 4.63. The van der Waals surface area contributed by atoms with Gasteiger partial charge in [0.05, 0.1) is 0 Å². The summed E-state index contributed by atoms with van der Waals surface area (Å²) in [6.45, 7) is 0. The fourth-order valence-corrected chi connectivity index (χ4v) is 1.78. The van der Waals surface area contributed by atoms with Crippen LogP contribution >= 0.6 is 31.9 Å². The Kier molecular flexibility index (Phi) is 7.26. The SMILES string of the molecule is Br/C1=C(\Br)CC/C=C\CC1.[Pd]. The third-order valence-corrected chi connectivity index (χ3v) is 3.80. The molecule has 0 aromatic rings.